The van der Waals surface area contributed by atoms with Crippen LogP contribution in [0.1, 0.15) is 22.6 Å². The summed E-state index contributed by atoms with van der Waals surface area (Å²) in [6.07, 6.45) is 1.14. The number of carbonyl (C=O) groups is 1. The average molecular weight is 222 g/mol. The second-order valence-corrected chi connectivity index (χ2v) is 4.36. The van der Waals surface area contributed by atoms with E-state index in [-0.39, 0.29) is 5.91 Å². The van der Waals surface area contributed by atoms with E-state index >= 15 is 0 Å². The fourth-order valence-electron chi connectivity index (χ4n) is 1.89. The van der Waals surface area contributed by atoms with Crippen LogP contribution in [-0.2, 0) is 7.05 Å². The van der Waals surface area contributed by atoms with Crippen LogP contribution >= 0.6 is 0 Å². The molecule has 0 radical (unpaired) electrons. The molecule has 0 spiro atoms. The van der Waals surface area contributed by atoms with Gasteiger partial charge >= 0.3 is 0 Å². The Bertz CT molecular complexity index is 360. The summed E-state index contributed by atoms with van der Waals surface area (Å²) in [4.78, 5) is 11.8. The fraction of sp³-hybridized carbons (Fsp3) is 0.636. The highest BCUT2D eigenvalue weighted by atomic mass is 16.1. The molecule has 1 aromatic rings. The van der Waals surface area contributed by atoms with Crippen molar-refractivity contribution >= 4 is 5.91 Å². The van der Waals surface area contributed by atoms with Crippen LogP contribution in [0, 0.1) is 12.8 Å². The van der Waals surface area contributed by atoms with E-state index in [0.29, 0.717) is 11.6 Å². The number of aryl methyl sites for hydroxylation is 2. The second-order valence-electron chi connectivity index (χ2n) is 4.36. The highest BCUT2D eigenvalue weighted by molar-refractivity contribution is 5.92. The lowest BCUT2D eigenvalue weighted by Crippen LogP contribution is -2.30. The molecule has 1 amide bonds. The molecule has 1 fully saturated rings. The summed E-state index contributed by atoms with van der Waals surface area (Å²) in [5.41, 5.74) is 1.50. The summed E-state index contributed by atoms with van der Waals surface area (Å²) in [7, 11) is 1.84. The quantitative estimate of drug-likeness (QED) is 0.761. The molecule has 1 aromatic heterocycles. The molecule has 2 N–H and O–H groups in total. The molecule has 5 heteroatoms. The molecule has 0 saturated carbocycles. The molecule has 1 saturated heterocycles. The predicted octanol–water partition coefficient (Wildman–Crippen LogP) is 0.0678. The van der Waals surface area contributed by atoms with Crippen molar-refractivity contribution < 1.29 is 4.79 Å². The number of nitrogens with zero attached hydrogens (tertiary/aromatic N) is 2. The second kappa shape index (κ2) is 4.65. The molecule has 0 bridgehead atoms. The van der Waals surface area contributed by atoms with Gasteiger partial charge in [0.05, 0.1) is 0 Å². The Balaban J connectivity index is 1.87. The Morgan fingerprint density at radius 2 is 2.56 bits per heavy atom. The van der Waals surface area contributed by atoms with Crippen molar-refractivity contribution in [3.05, 3.63) is 17.5 Å². The van der Waals surface area contributed by atoms with Gasteiger partial charge in [0, 0.05) is 19.3 Å². The van der Waals surface area contributed by atoms with Gasteiger partial charge in [-0.15, -0.1) is 0 Å². The average Bonchev–Trinajstić information content (AvgIpc) is 2.86. The normalized spacial score (nSPS) is 20.0. The van der Waals surface area contributed by atoms with Crippen molar-refractivity contribution in [3.8, 4) is 0 Å². The van der Waals surface area contributed by atoms with Crippen molar-refractivity contribution in [2.75, 3.05) is 19.6 Å². The largest absolute Gasteiger partial charge is 0.350 e. The molecule has 2 heterocycles. The molecule has 16 heavy (non-hydrogen) atoms. The molecule has 5 nitrogen and oxygen atoms in total. The maximum Gasteiger partial charge on any atom is 0.271 e. The summed E-state index contributed by atoms with van der Waals surface area (Å²) in [6, 6.07) is 1.81. The minimum Gasteiger partial charge on any atom is -0.350 e. The number of hydrogen-bond acceptors (Lipinski definition) is 3. The van der Waals surface area contributed by atoms with Crippen LogP contribution in [0.5, 0.6) is 0 Å². The standard InChI is InChI=1S/C11H18N4O/c1-8-5-10(14-15(8)2)11(16)13-7-9-3-4-12-6-9/h5,9,12H,3-4,6-7H2,1-2H3,(H,13,16). The van der Waals surface area contributed by atoms with Gasteiger partial charge < -0.3 is 10.6 Å². The highest BCUT2D eigenvalue weighted by Gasteiger charge is 2.16. The first-order valence-corrected chi connectivity index (χ1v) is 5.66. The van der Waals surface area contributed by atoms with E-state index in [9.17, 15) is 4.79 Å². The van der Waals surface area contributed by atoms with E-state index in [4.69, 9.17) is 0 Å². The van der Waals surface area contributed by atoms with Gasteiger partial charge in [-0.2, -0.15) is 5.10 Å². The number of carbonyl (C=O) groups excluding carboxylic acids is 1. The SMILES string of the molecule is Cc1cc(C(=O)NCC2CCNC2)nn1C. The lowest BCUT2D eigenvalue weighted by atomic mass is 10.1. The minimum absolute atomic E-state index is 0.0735. The zero-order valence-corrected chi connectivity index (χ0v) is 9.79. The van der Waals surface area contributed by atoms with Crippen LogP contribution in [0.15, 0.2) is 6.07 Å². The lowest BCUT2D eigenvalue weighted by molar-refractivity contribution is 0.0942. The number of amides is 1. The summed E-state index contributed by atoms with van der Waals surface area (Å²) in [5, 5.41) is 10.3. The molecule has 1 aliphatic rings. The summed E-state index contributed by atoms with van der Waals surface area (Å²) >= 11 is 0. The van der Waals surface area contributed by atoms with E-state index in [1.807, 2.05) is 20.0 Å². The van der Waals surface area contributed by atoms with Crippen molar-refractivity contribution in [3.63, 3.8) is 0 Å². The van der Waals surface area contributed by atoms with Crippen LogP contribution in [0.25, 0.3) is 0 Å². The third kappa shape index (κ3) is 2.41. The van der Waals surface area contributed by atoms with Gasteiger partial charge in [0.1, 0.15) is 5.69 Å². The van der Waals surface area contributed by atoms with Crippen molar-refractivity contribution in [1.29, 1.82) is 0 Å². The third-order valence-corrected chi connectivity index (χ3v) is 3.06. The van der Waals surface area contributed by atoms with Gasteiger partial charge in [0.2, 0.25) is 0 Å². The molecule has 1 unspecified atom stereocenters. The maximum absolute atomic E-state index is 11.8. The zero-order chi connectivity index (χ0) is 11.5. The van der Waals surface area contributed by atoms with Crippen LogP contribution in [-0.4, -0.2) is 35.3 Å². The van der Waals surface area contributed by atoms with Gasteiger partial charge in [-0.3, -0.25) is 9.48 Å². The van der Waals surface area contributed by atoms with Gasteiger partial charge in [-0.25, -0.2) is 0 Å². The van der Waals surface area contributed by atoms with E-state index in [1.165, 1.54) is 0 Å². The van der Waals surface area contributed by atoms with Crippen molar-refractivity contribution in [2.24, 2.45) is 13.0 Å². The third-order valence-electron chi connectivity index (χ3n) is 3.06. The summed E-state index contributed by atoms with van der Waals surface area (Å²) in [5.74, 6) is 0.490. The molecule has 88 valence electrons. The Hall–Kier alpha value is -1.36. The van der Waals surface area contributed by atoms with Crippen LogP contribution in [0.2, 0.25) is 0 Å². The summed E-state index contributed by atoms with van der Waals surface area (Å²) in [6.45, 7) is 4.73. The lowest BCUT2D eigenvalue weighted by Gasteiger charge is -2.08. The Kier molecular flexibility index (Phi) is 3.24. The molecular formula is C11H18N4O. The fourth-order valence-corrected chi connectivity index (χ4v) is 1.89. The summed E-state index contributed by atoms with van der Waals surface area (Å²) < 4.78 is 1.71. The molecule has 2 rings (SSSR count). The van der Waals surface area contributed by atoms with Crippen LogP contribution in [0.3, 0.4) is 0 Å². The Labute approximate surface area is 95.2 Å². The number of nitrogens with one attached hydrogen (secondary N) is 2. The Morgan fingerprint density at radius 1 is 1.75 bits per heavy atom. The topological polar surface area (TPSA) is 59.0 Å². The van der Waals surface area contributed by atoms with Gasteiger partial charge in [0.15, 0.2) is 0 Å². The van der Waals surface area contributed by atoms with E-state index in [1.54, 1.807) is 4.68 Å². The number of hydrogen-bond donors (Lipinski definition) is 2. The first kappa shape index (κ1) is 11.1. The highest BCUT2D eigenvalue weighted by Crippen LogP contribution is 2.06. The molecule has 1 aliphatic heterocycles. The molecule has 0 aromatic carbocycles. The molecule has 0 aliphatic carbocycles. The van der Waals surface area contributed by atoms with Crippen LogP contribution < -0.4 is 10.6 Å². The predicted molar refractivity (Wildman–Crippen MR) is 61.3 cm³/mol. The number of aromatic nitrogens is 2. The van der Waals surface area contributed by atoms with Crippen molar-refractivity contribution in [2.45, 2.75) is 13.3 Å². The smallest absolute Gasteiger partial charge is 0.271 e. The Morgan fingerprint density at radius 3 is 3.12 bits per heavy atom. The van der Waals surface area contributed by atoms with Gasteiger partial charge in [0.25, 0.3) is 5.91 Å². The molecule has 1 atom stereocenters. The van der Waals surface area contributed by atoms with E-state index in [2.05, 4.69) is 15.7 Å². The maximum atomic E-state index is 11.8. The molecular weight excluding hydrogens is 204 g/mol. The number of rotatable bonds is 3. The monoisotopic (exact) mass is 222 g/mol. The minimum atomic E-state index is -0.0735. The van der Waals surface area contributed by atoms with Crippen LogP contribution in [0.4, 0.5) is 0 Å². The van der Waals surface area contributed by atoms with Crippen molar-refractivity contribution in [1.82, 2.24) is 20.4 Å². The van der Waals surface area contributed by atoms with E-state index < -0.39 is 0 Å². The van der Waals surface area contributed by atoms with Gasteiger partial charge in [-0.1, -0.05) is 0 Å². The van der Waals surface area contributed by atoms with E-state index in [0.717, 1.165) is 31.7 Å². The first-order valence-electron chi connectivity index (χ1n) is 5.66. The van der Waals surface area contributed by atoms with Gasteiger partial charge in [-0.05, 0) is 38.4 Å². The first-order chi connectivity index (χ1) is 7.66. The zero-order valence-electron chi connectivity index (χ0n) is 9.79.